The number of benzene rings is 1. The number of aromatic nitrogens is 2. The Bertz CT molecular complexity index is 989. The molecule has 0 amide bonds. The largest absolute Gasteiger partial charge is 0.297 e. The van der Waals surface area contributed by atoms with Crippen LogP contribution in [-0.4, -0.2) is 27.4 Å². The Labute approximate surface area is 177 Å². The van der Waals surface area contributed by atoms with E-state index in [4.69, 9.17) is 11.6 Å². The zero-order chi connectivity index (χ0) is 20.2. The van der Waals surface area contributed by atoms with Crippen LogP contribution in [0.4, 0.5) is 0 Å². The minimum Gasteiger partial charge on any atom is -0.297 e. The third-order valence-corrected chi connectivity index (χ3v) is 6.40. The van der Waals surface area contributed by atoms with Crippen molar-refractivity contribution >= 4 is 17.3 Å². The Kier molecular flexibility index (Phi) is 6.22. The lowest BCUT2D eigenvalue weighted by atomic mass is 9.90. The van der Waals surface area contributed by atoms with Crippen molar-refractivity contribution in [1.29, 1.82) is 0 Å². The van der Waals surface area contributed by atoms with E-state index in [9.17, 15) is 4.79 Å². The minimum atomic E-state index is -0.127. The topological polar surface area (TPSA) is 30.2 Å². The molecule has 2 aliphatic rings. The summed E-state index contributed by atoms with van der Waals surface area (Å²) in [6, 6.07) is 10.7. The maximum absolute atomic E-state index is 12.8. The average Bonchev–Trinajstić information content (AvgIpc) is 2.94. The van der Waals surface area contributed by atoms with Crippen molar-refractivity contribution in [3.63, 3.8) is 0 Å². The lowest BCUT2D eigenvalue weighted by Gasteiger charge is -2.32. The molecular formula is C24H28ClN3O. The number of allylic oxidation sites excluding steroid dienone is 6. The van der Waals surface area contributed by atoms with E-state index in [1.54, 1.807) is 4.68 Å². The molecule has 0 atom stereocenters. The molecule has 29 heavy (non-hydrogen) atoms. The summed E-state index contributed by atoms with van der Waals surface area (Å²) in [4.78, 5) is 15.2. The van der Waals surface area contributed by atoms with Gasteiger partial charge in [0, 0.05) is 25.7 Å². The van der Waals surface area contributed by atoms with Gasteiger partial charge < -0.3 is 0 Å². The monoisotopic (exact) mass is 409 g/mol. The summed E-state index contributed by atoms with van der Waals surface area (Å²) in [5.41, 5.74) is 3.14. The summed E-state index contributed by atoms with van der Waals surface area (Å²) in [5, 5.41) is 0.344. The van der Waals surface area contributed by atoms with E-state index in [1.807, 2.05) is 36.0 Å². The summed E-state index contributed by atoms with van der Waals surface area (Å²) < 4.78 is 3.64. The first-order chi connectivity index (χ1) is 14.1. The number of nitrogens with zero attached hydrogens (tertiary/aromatic N) is 3. The molecule has 5 heteroatoms. The van der Waals surface area contributed by atoms with E-state index >= 15 is 0 Å². The van der Waals surface area contributed by atoms with Crippen LogP contribution in [0.15, 0.2) is 65.5 Å². The fourth-order valence-electron chi connectivity index (χ4n) is 4.34. The smallest absolute Gasteiger partial charge is 0.290 e. The maximum atomic E-state index is 12.8. The van der Waals surface area contributed by atoms with Gasteiger partial charge >= 0.3 is 0 Å². The Hall–Kier alpha value is -2.30. The molecule has 0 radical (unpaired) electrons. The standard InChI is InChI=1S/C24H28ClN3O/c1-26-22(23(25)24(29)28(26)21-11-7-2-3-8-12-21)18-27-15-13-20(14-16-27)17-19-9-5-4-6-10-19/h2-11,20H,12-18H2,1H3. The molecule has 0 N–H and O–H groups in total. The van der Waals surface area contributed by atoms with E-state index in [0.29, 0.717) is 18.0 Å². The lowest BCUT2D eigenvalue weighted by molar-refractivity contribution is 0.173. The third-order valence-electron chi connectivity index (χ3n) is 6.02. The van der Waals surface area contributed by atoms with Crippen molar-refractivity contribution in [3.8, 4) is 0 Å². The molecule has 1 saturated heterocycles. The highest BCUT2D eigenvalue weighted by Gasteiger charge is 2.24. The van der Waals surface area contributed by atoms with Crippen molar-refractivity contribution in [2.75, 3.05) is 13.1 Å². The fourth-order valence-corrected chi connectivity index (χ4v) is 4.60. The van der Waals surface area contributed by atoms with Gasteiger partial charge in [-0.2, -0.15) is 0 Å². The molecule has 0 unspecified atom stereocenters. The van der Waals surface area contributed by atoms with E-state index in [2.05, 4.69) is 41.3 Å². The van der Waals surface area contributed by atoms with Crippen LogP contribution < -0.4 is 5.56 Å². The molecule has 0 saturated carbocycles. The zero-order valence-corrected chi connectivity index (χ0v) is 17.7. The molecule has 2 aromatic rings. The first-order valence-electron chi connectivity index (χ1n) is 10.4. The molecule has 0 spiro atoms. The van der Waals surface area contributed by atoms with Gasteiger partial charge in [0.25, 0.3) is 5.56 Å². The number of hydrogen-bond acceptors (Lipinski definition) is 2. The second kappa shape index (κ2) is 9.02. The number of likely N-dealkylation sites (tertiary alicyclic amines) is 1. The summed E-state index contributed by atoms with van der Waals surface area (Å²) in [6.07, 6.45) is 14.2. The van der Waals surface area contributed by atoms with Crippen LogP contribution in [0.2, 0.25) is 5.02 Å². The second-order valence-electron chi connectivity index (χ2n) is 7.99. The molecule has 2 heterocycles. The van der Waals surface area contributed by atoms with Crippen LogP contribution in [0.1, 0.15) is 30.5 Å². The Morgan fingerprint density at radius 1 is 1.07 bits per heavy atom. The van der Waals surface area contributed by atoms with Crippen LogP contribution in [-0.2, 0) is 20.0 Å². The van der Waals surface area contributed by atoms with Crippen molar-refractivity contribution in [2.24, 2.45) is 13.0 Å². The second-order valence-corrected chi connectivity index (χ2v) is 8.36. The van der Waals surface area contributed by atoms with E-state index < -0.39 is 0 Å². The molecule has 1 aromatic heterocycles. The summed E-state index contributed by atoms with van der Waals surface area (Å²) in [5.74, 6) is 0.729. The number of hydrogen-bond donors (Lipinski definition) is 0. The van der Waals surface area contributed by atoms with E-state index in [1.165, 1.54) is 18.4 Å². The van der Waals surface area contributed by atoms with Gasteiger partial charge in [0.15, 0.2) is 0 Å². The SMILES string of the molecule is Cn1c(CN2CCC(Cc3ccccc3)CC2)c(Cl)c(=O)n1C1=CC=CC=CC1. The molecule has 4 nitrogen and oxygen atoms in total. The summed E-state index contributed by atoms with van der Waals surface area (Å²) in [7, 11) is 1.93. The van der Waals surface area contributed by atoms with Crippen LogP contribution in [0.5, 0.6) is 0 Å². The molecule has 1 aliphatic heterocycles. The van der Waals surface area contributed by atoms with E-state index in [-0.39, 0.29) is 5.56 Å². The molecule has 1 aromatic carbocycles. The molecule has 4 rings (SSSR count). The first-order valence-corrected chi connectivity index (χ1v) is 10.8. The van der Waals surface area contributed by atoms with Gasteiger partial charge in [-0.25, -0.2) is 4.68 Å². The first kappa shape index (κ1) is 20.0. The maximum Gasteiger partial charge on any atom is 0.290 e. The fraction of sp³-hybridized carbons (Fsp3) is 0.375. The Morgan fingerprint density at radius 2 is 1.83 bits per heavy atom. The van der Waals surface area contributed by atoms with Gasteiger partial charge in [-0.05, 0) is 49.9 Å². The highest BCUT2D eigenvalue weighted by atomic mass is 35.5. The van der Waals surface area contributed by atoms with Crippen molar-refractivity contribution < 1.29 is 0 Å². The van der Waals surface area contributed by atoms with Gasteiger partial charge in [-0.1, -0.05) is 66.2 Å². The lowest BCUT2D eigenvalue weighted by Crippen LogP contribution is -2.34. The third kappa shape index (κ3) is 4.49. The van der Waals surface area contributed by atoms with Gasteiger partial charge in [-0.15, -0.1) is 0 Å². The predicted molar refractivity (Wildman–Crippen MR) is 120 cm³/mol. The van der Waals surface area contributed by atoms with Crippen LogP contribution in [0.3, 0.4) is 0 Å². The highest BCUT2D eigenvalue weighted by Crippen LogP contribution is 2.25. The van der Waals surface area contributed by atoms with Gasteiger partial charge in [0.2, 0.25) is 0 Å². The number of halogens is 1. The van der Waals surface area contributed by atoms with Gasteiger partial charge in [-0.3, -0.25) is 14.4 Å². The normalized spacial score (nSPS) is 18.1. The summed E-state index contributed by atoms with van der Waals surface area (Å²) in [6.45, 7) is 2.80. The minimum absolute atomic E-state index is 0.127. The molecule has 1 aliphatic carbocycles. The Morgan fingerprint density at radius 3 is 2.59 bits per heavy atom. The van der Waals surface area contributed by atoms with Crippen LogP contribution >= 0.6 is 11.6 Å². The van der Waals surface area contributed by atoms with Crippen LogP contribution in [0.25, 0.3) is 5.70 Å². The average molecular weight is 410 g/mol. The zero-order valence-electron chi connectivity index (χ0n) is 16.9. The summed E-state index contributed by atoms with van der Waals surface area (Å²) >= 11 is 6.49. The highest BCUT2D eigenvalue weighted by molar-refractivity contribution is 6.31. The van der Waals surface area contributed by atoms with Crippen molar-refractivity contribution in [2.45, 2.75) is 32.2 Å². The van der Waals surface area contributed by atoms with Crippen molar-refractivity contribution in [3.05, 3.63) is 87.3 Å². The molecular weight excluding hydrogens is 382 g/mol. The molecule has 0 bridgehead atoms. The molecule has 1 fully saturated rings. The quantitative estimate of drug-likeness (QED) is 0.719. The predicted octanol–water partition coefficient (Wildman–Crippen LogP) is 4.65. The van der Waals surface area contributed by atoms with Crippen LogP contribution in [0, 0.1) is 5.92 Å². The Balaban J connectivity index is 1.43. The number of rotatable bonds is 5. The molecule has 152 valence electrons. The van der Waals surface area contributed by atoms with Gasteiger partial charge in [0.05, 0.1) is 5.69 Å². The van der Waals surface area contributed by atoms with Gasteiger partial charge in [0.1, 0.15) is 5.02 Å². The van der Waals surface area contributed by atoms with Crippen molar-refractivity contribution in [1.82, 2.24) is 14.3 Å². The van der Waals surface area contributed by atoms with E-state index in [0.717, 1.165) is 36.8 Å². The number of piperidine rings is 1.